The minimum absolute atomic E-state index is 0.311. The van der Waals surface area contributed by atoms with Gasteiger partial charge in [0.2, 0.25) is 10.0 Å². The van der Waals surface area contributed by atoms with E-state index in [0.29, 0.717) is 22.2 Å². The number of hydrogen-bond donors (Lipinski definition) is 1. The summed E-state index contributed by atoms with van der Waals surface area (Å²) in [6, 6.07) is 15.2. The van der Waals surface area contributed by atoms with E-state index in [1.54, 1.807) is 29.6 Å². The summed E-state index contributed by atoms with van der Waals surface area (Å²) in [4.78, 5) is 21.6. The van der Waals surface area contributed by atoms with Crippen LogP contribution >= 0.6 is 22.7 Å². The smallest absolute Gasteiger partial charge is 0.276 e. The molecule has 0 aliphatic carbocycles. The van der Waals surface area contributed by atoms with Crippen LogP contribution in [0.4, 0.5) is 10.8 Å². The fourth-order valence-corrected chi connectivity index (χ4v) is 5.08. The summed E-state index contributed by atoms with van der Waals surface area (Å²) in [7, 11) is -1.82. The van der Waals surface area contributed by atoms with Crippen molar-refractivity contribution in [1.29, 1.82) is 0 Å². The summed E-state index contributed by atoms with van der Waals surface area (Å²) in [6.45, 7) is 2.11. The summed E-state index contributed by atoms with van der Waals surface area (Å²) in [6.07, 6.45) is 2.13. The Bertz CT molecular complexity index is 1380. The monoisotopic (exact) mass is 498 g/mol. The molecule has 1 amide bonds. The van der Waals surface area contributed by atoms with Gasteiger partial charge in [0, 0.05) is 28.9 Å². The molecule has 2 aromatic carbocycles. The van der Waals surface area contributed by atoms with Crippen molar-refractivity contribution in [3.8, 4) is 21.8 Å². The number of nitrogens with zero attached hydrogens (tertiary/aromatic N) is 3. The van der Waals surface area contributed by atoms with Gasteiger partial charge >= 0.3 is 0 Å². The second-order valence-electron chi connectivity index (χ2n) is 7.36. The van der Waals surface area contributed by atoms with Crippen molar-refractivity contribution in [1.82, 2.24) is 9.97 Å². The molecule has 4 rings (SSSR count). The SMILES string of the molecule is CCc1ccc(-c2nc(C(=O)Nc3nc(-c4ccc(N(C)S(C)(=O)=O)cc4)cs3)cs2)cc1. The van der Waals surface area contributed by atoms with Gasteiger partial charge < -0.3 is 0 Å². The highest BCUT2D eigenvalue weighted by Crippen LogP contribution is 2.28. The van der Waals surface area contributed by atoms with Gasteiger partial charge in [0.25, 0.3) is 5.91 Å². The van der Waals surface area contributed by atoms with E-state index in [4.69, 9.17) is 0 Å². The number of carbonyl (C=O) groups excluding carboxylic acids is 1. The molecule has 2 heterocycles. The van der Waals surface area contributed by atoms with Crippen LogP contribution in [0.1, 0.15) is 23.0 Å². The Hall–Kier alpha value is -3.08. The number of thiazole rings is 2. The standard InChI is InChI=1S/C23H22N4O3S3/c1-4-15-5-7-17(8-6-15)22-24-20(14-31-22)21(28)26-23-25-19(13-32-23)16-9-11-18(12-10-16)27(2)33(3,29)30/h5-14H,4H2,1-3H3,(H,25,26,28). The number of amides is 1. The predicted molar refractivity (Wildman–Crippen MR) is 136 cm³/mol. The Morgan fingerprint density at radius 2 is 1.64 bits per heavy atom. The third-order valence-electron chi connectivity index (χ3n) is 5.09. The number of aryl methyl sites for hydroxylation is 1. The predicted octanol–water partition coefficient (Wildman–Crippen LogP) is 5.14. The minimum atomic E-state index is -3.32. The van der Waals surface area contributed by atoms with Gasteiger partial charge in [-0.2, -0.15) is 0 Å². The van der Waals surface area contributed by atoms with Gasteiger partial charge in [0.1, 0.15) is 10.7 Å². The first kappa shape index (κ1) is 23.1. The second kappa shape index (κ2) is 9.42. The van der Waals surface area contributed by atoms with Crippen LogP contribution in [0.25, 0.3) is 21.8 Å². The molecule has 0 radical (unpaired) electrons. The van der Waals surface area contributed by atoms with Crippen molar-refractivity contribution >= 4 is 49.4 Å². The van der Waals surface area contributed by atoms with Gasteiger partial charge in [-0.15, -0.1) is 22.7 Å². The van der Waals surface area contributed by atoms with Crippen LogP contribution in [-0.2, 0) is 16.4 Å². The van der Waals surface area contributed by atoms with E-state index in [2.05, 4.69) is 34.3 Å². The Balaban J connectivity index is 1.44. The molecule has 0 unspecified atom stereocenters. The Kier molecular flexibility index (Phi) is 6.59. The topological polar surface area (TPSA) is 92.3 Å². The van der Waals surface area contributed by atoms with Gasteiger partial charge in [0.15, 0.2) is 5.13 Å². The summed E-state index contributed by atoms with van der Waals surface area (Å²) in [5.41, 5.74) is 4.67. The fraction of sp³-hybridized carbons (Fsp3) is 0.174. The quantitative estimate of drug-likeness (QED) is 0.381. The lowest BCUT2D eigenvalue weighted by Gasteiger charge is -2.16. The average molecular weight is 499 g/mol. The number of rotatable bonds is 7. The molecule has 7 nitrogen and oxygen atoms in total. The molecule has 0 fully saturated rings. The maximum atomic E-state index is 12.7. The van der Waals surface area contributed by atoms with E-state index >= 15 is 0 Å². The zero-order valence-corrected chi connectivity index (χ0v) is 20.7. The minimum Gasteiger partial charge on any atom is -0.296 e. The molecular formula is C23H22N4O3S3. The third kappa shape index (κ3) is 5.29. The molecule has 0 aliphatic rings. The molecule has 33 heavy (non-hydrogen) atoms. The van der Waals surface area contributed by atoms with E-state index in [0.717, 1.165) is 28.8 Å². The van der Waals surface area contributed by atoms with Gasteiger partial charge in [-0.1, -0.05) is 43.3 Å². The Morgan fingerprint density at radius 3 is 2.27 bits per heavy atom. The van der Waals surface area contributed by atoms with E-state index < -0.39 is 10.0 Å². The number of benzene rings is 2. The molecule has 4 aromatic rings. The Labute approximate surface area is 200 Å². The first-order valence-corrected chi connectivity index (χ1v) is 13.7. The zero-order chi connectivity index (χ0) is 23.6. The molecule has 0 aliphatic heterocycles. The van der Waals surface area contributed by atoms with E-state index in [-0.39, 0.29) is 5.91 Å². The number of anilines is 2. The molecule has 170 valence electrons. The number of nitrogens with one attached hydrogen (secondary N) is 1. The highest BCUT2D eigenvalue weighted by Gasteiger charge is 2.15. The maximum Gasteiger partial charge on any atom is 0.276 e. The zero-order valence-electron chi connectivity index (χ0n) is 18.3. The Morgan fingerprint density at radius 1 is 0.970 bits per heavy atom. The lowest BCUT2D eigenvalue weighted by Crippen LogP contribution is -2.24. The molecule has 1 N–H and O–H groups in total. The van der Waals surface area contributed by atoms with Crippen molar-refractivity contribution in [2.75, 3.05) is 22.9 Å². The number of aromatic nitrogens is 2. The van der Waals surface area contributed by atoms with E-state index in [1.165, 1.54) is 39.6 Å². The molecule has 2 aromatic heterocycles. The van der Waals surface area contributed by atoms with Crippen LogP contribution in [0.5, 0.6) is 0 Å². The van der Waals surface area contributed by atoms with Crippen molar-refractivity contribution in [2.45, 2.75) is 13.3 Å². The summed E-state index contributed by atoms with van der Waals surface area (Å²) >= 11 is 2.74. The second-order valence-corrected chi connectivity index (χ2v) is 11.1. The van der Waals surface area contributed by atoms with Gasteiger partial charge in [-0.3, -0.25) is 14.4 Å². The third-order valence-corrected chi connectivity index (χ3v) is 7.95. The van der Waals surface area contributed by atoms with Crippen LogP contribution in [0.2, 0.25) is 0 Å². The molecule has 0 saturated carbocycles. The van der Waals surface area contributed by atoms with Crippen molar-refractivity contribution in [2.24, 2.45) is 0 Å². The number of sulfonamides is 1. The molecule has 0 bridgehead atoms. The lowest BCUT2D eigenvalue weighted by atomic mass is 10.1. The fourth-order valence-electron chi connectivity index (χ4n) is 3.05. The van der Waals surface area contributed by atoms with Crippen LogP contribution in [-0.4, -0.2) is 37.6 Å². The maximum absolute atomic E-state index is 12.7. The average Bonchev–Trinajstić information content (AvgIpc) is 3.48. The molecule has 0 saturated heterocycles. The van der Waals surface area contributed by atoms with Crippen LogP contribution in [0, 0.1) is 0 Å². The van der Waals surface area contributed by atoms with E-state index in [1.807, 2.05) is 17.5 Å². The van der Waals surface area contributed by atoms with Crippen LogP contribution < -0.4 is 9.62 Å². The highest BCUT2D eigenvalue weighted by molar-refractivity contribution is 7.92. The molecule has 0 spiro atoms. The largest absolute Gasteiger partial charge is 0.296 e. The van der Waals surface area contributed by atoms with E-state index in [9.17, 15) is 13.2 Å². The highest BCUT2D eigenvalue weighted by atomic mass is 32.2. The van der Waals surface area contributed by atoms with Gasteiger partial charge in [-0.25, -0.2) is 18.4 Å². The normalized spacial score (nSPS) is 11.4. The summed E-state index contributed by atoms with van der Waals surface area (Å²) in [5.74, 6) is -0.311. The van der Waals surface area contributed by atoms with Gasteiger partial charge in [0.05, 0.1) is 17.6 Å². The molecule has 10 heteroatoms. The van der Waals surface area contributed by atoms with Crippen molar-refractivity contribution < 1.29 is 13.2 Å². The molecule has 0 atom stereocenters. The lowest BCUT2D eigenvalue weighted by molar-refractivity contribution is 0.102. The van der Waals surface area contributed by atoms with Crippen LogP contribution in [0.3, 0.4) is 0 Å². The summed E-state index contributed by atoms with van der Waals surface area (Å²) < 4.78 is 24.6. The van der Waals surface area contributed by atoms with Crippen molar-refractivity contribution in [3.05, 3.63) is 70.5 Å². The van der Waals surface area contributed by atoms with Gasteiger partial charge in [-0.05, 0) is 24.1 Å². The van der Waals surface area contributed by atoms with Crippen LogP contribution in [0.15, 0.2) is 59.3 Å². The van der Waals surface area contributed by atoms with Crippen molar-refractivity contribution in [3.63, 3.8) is 0 Å². The number of hydrogen-bond acceptors (Lipinski definition) is 7. The first-order chi connectivity index (χ1) is 15.7. The first-order valence-electron chi connectivity index (χ1n) is 10.1. The molecular weight excluding hydrogens is 476 g/mol. The summed E-state index contributed by atoms with van der Waals surface area (Å²) in [5, 5.41) is 7.65. The number of carbonyl (C=O) groups is 1.